The molecule has 0 saturated carbocycles. The lowest BCUT2D eigenvalue weighted by Crippen LogP contribution is -2.52. The molecule has 1 aromatic heterocycles. The monoisotopic (exact) mass is 346 g/mol. The SMILES string of the molecule is CCC(CO)N1CCN(C(=O)c2oc3c(OC)cccc3c2C)CC1. The summed E-state index contributed by atoms with van der Waals surface area (Å²) in [5.74, 6) is 0.952. The molecule has 1 saturated heterocycles. The Morgan fingerprint density at radius 3 is 2.64 bits per heavy atom. The van der Waals surface area contributed by atoms with Gasteiger partial charge in [0.15, 0.2) is 17.1 Å². The minimum atomic E-state index is -0.0764. The van der Waals surface area contributed by atoms with Crippen molar-refractivity contribution in [1.29, 1.82) is 0 Å². The second-order valence-electron chi connectivity index (χ2n) is 6.47. The van der Waals surface area contributed by atoms with Crippen LogP contribution < -0.4 is 4.74 Å². The number of aryl methyl sites for hydroxylation is 1. The molecule has 1 atom stereocenters. The summed E-state index contributed by atoms with van der Waals surface area (Å²) >= 11 is 0. The molecule has 0 spiro atoms. The molecule has 0 bridgehead atoms. The molecule has 1 aliphatic heterocycles. The van der Waals surface area contributed by atoms with E-state index in [0.29, 0.717) is 30.2 Å². The van der Waals surface area contributed by atoms with Gasteiger partial charge in [-0.1, -0.05) is 19.1 Å². The van der Waals surface area contributed by atoms with Crippen molar-refractivity contribution in [2.75, 3.05) is 39.9 Å². The zero-order valence-electron chi connectivity index (χ0n) is 15.1. The third-order valence-electron chi connectivity index (χ3n) is 5.14. The van der Waals surface area contributed by atoms with Crippen molar-refractivity contribution in [3.63, 3.8) is 0 Å². The molecule has 1 aliphatic rings. The largest absolute Gasteiger partial charge is 0.493 e. The number of aliphatic hydroxyl groups excluding tert-OH is 1. The number of furan rings is 1. The van der Waals surface area contributed by atoms with Crippen LogP contribution in [0.25, 0.3) is 11.0 Å². The highest BCUT2D eigenvalue weighted by Gasteiger charge is 2.29. The lowest BCUT2D eigenvalue weighted by Gasteiger charge is -2.38. The minimum absolute atomic E-state index is 0.0764. The number of carbonyl (C=O) groups is 1. The zero-order valence-corrected chi connectivity index (χ0v) is 15.1. The first-order chi connectivity index (χ1) is 12.1. The van der Waals surface area contributed by atoms with Crippen LogP contribution in [0.5, 0.6) is 5.75 Å². The average molecular weight is 346 g/mol. The molecule has 0 aliphatic carbocycles. The van der Waals surface area contributed by atoms with Crippen molar-refractivity contribution in [1.82, 2.24) is 9.80 Å². The van der Waals surface area contributed by atoms with Gasteiger partial charge in [-0.05, 0) is 19.4 Å². The Labute approximate surface area is 148 Å². The molecule has 3 rings (SSSR count). The van der Waals surface area contributed by atoms with Gasteiger partial charge in [0.1, 0.15) is 0 Å². The molecular formula is C19H26N2O4. The number of fused-ring (bicyclic) bond motifs is 1. The summed E-state index contributed by atoms with van der Waals surface area (Å²) in [7, 11) is 1.60. The summed E-state index contributed by atoms with van der Waals surface area (Å²) in [6, 6.07) is 5.85. The molecule has 6 heteroatoms. The van der Waals surface area contributed by atoms with E-state index in [2.05, 4.69) is 11.8 Å². The van der Waals surface area contributed by atoms with Crippen molar-refractivity contribution in [2.24, 2.45) is 0 Å². The Kier molecular flexibility index (Phi) is 5.30. The van der Waals surface area contributed by atoms with Gasteiger partial charge in [-0.25, -0.2) is 0 Å². The van der Waals surface area contributed by atoms with Gasteiger partial charge in [0.05, 0.1) is 13.7 Å². The first kappa shape index (κ1) is 17.8. The van der Waals surface area contributed by atoms with Crippen LogP contribution in [0, 0.1) is 6.92 Å². The molecule has 1 amide bonds. The standard InChI is InChI=1S/C19H26N2O4/c1-4-14(12-22)20-8-10-21(11-9-20)19(23)17-13(2)15-6-5-7-16(24-3)18(15)25-17/h5-7,14,22H,4,8-12H2,1-3H3. The van der Waals surface area contributed by atoms with Crippen molar-refractivity contribution in [3.8, 4) is 5.75 Å². The summed E-state index contributed by atoms with van der Waals surface area (Å²) < 4.78 is 11.2. The van der Waals surface area contributed by atoms with Gasteiger partial charge in [-0.3, -0.25) is 9.69 Å². The normalized spacial score (nSPS) is 17.0. The summed E-state index contributed by atoms with van der Waals surface area (Å²) in [6.07, 6.45) is 0.910. The third-order valence-corrected chi connectivity index (χ3v) is 5.14. The lowest BCUT2D eigenvalue weighted by atomic mass is 10.1. The predicted octanol–water partition coefficient (Wildman–Crippen LogP) is 2.28. The number of rotatable bonds is 5. The summed E-state index contributed by atoms with van der Waals surface area (Å²) in [5, 5.41) is 10.4. The predicted molar refractivity (Wildman–Crippen MR) is 96.1 cm³/mol. The Balaban J connectivity index is 1.78. The van der Waals surface area contributed by atoms with E-state index in [1.54, 1.807) is 7.11 Å². The number of aliphatic hydroxyl groups is 1. The van der Waals surface area contributed by atoms with Gasteiger partial charge < -0.3 is 19.2 Å². The molecule has 1 aromatic carbocycles. The molecular weight excluding hydrogens is 320 g/mol. The summed E-state index contributed by atoms with van der Waals surface area (Å²) in [5.41, 5.74) is 1.47. The Morgan fingerprint density at radius 1 is 1.32 bits per heavy atom. The summed E-state index contributed by atoms with van der Waals surface area (Å²) in [6.45, 7) is 6.97. The fraction of sp³-hybridized carbons (Fsp3) is 0.526. The van der Waals surface area contributed by atoms with Crippen molar-refractivity contribution >= 4 is 16.9 Å². The van der Waals surface area contributed by atoms with Crippen LogP contribution in [0.3, 0.4) is 0 Å². The van der Waals surface area contributed by atoms with Crippen LogP contribution in [-0.4, -0.2) is 66.8 Å². The van der Waals surface area contributed by atoms with E-state index in [0.717, 1.165) is 30.5 Å². The number of hydrogen-bond donors (Lipinski definition) is 1. The number of methoxy groups -OCH3 is 1. The number of para-hydroxylation sites is 1. The highest BCUT2D eigenvalue weighted by Crippen LogP contribution is 2.32. The summed E-state index contributed by atoms with van der Waals surface area (Å²) in [4.78, 5) is 17.0. The van der Waals surface area contributed by atoms with Gasteiger partial charge in [0, 0.05) is 43.2 Å². The van der Waals surface area contributed by atoms with Crippen molar-refractivity contribution in [2.45, 2.75) is 26.3 Å². The Hall–Kier alpha value is -2.05. The quantitative estimate of drug-likeness (QED) is 0.900. The van der Waals surface area contributed by atoms with E-state index in [9.17, 15) is 9.90 Å². The van der Waals surface area contributed by atoms with Gasteiger partial charge >= 0.3 is 0 Å². The lowest BCUT2D eigenvalue weighted by molar-refractivity contribution is 0.0450. The Bertz CT molecular complexity index is 743. The van der Waals surface area contributed by atoms with E-state index in [4.69, 9.17) is 9.15 Å². The van der Waals surface area contributed by atoms with Crippen LogP contribution >= 0.6 is 0 Å². The zero-order chi connectivity index (χ0) is 18.0. The first-order valence-corrected chi connectivity index (χ1v) is 8.81. The molecule has 25 heavy (non-hydrogen) atoms. The number of amides is 1. The van der Waals surface area contributed by atoms with Crippen molar-refractivity contribution in [3.05, 3.63) is 29.5 Å². The maximum absolute atomic E-state index is 12.9. The van der Waals surface area contributed by atoms with E-state index < -0.39 is 0 Å². The minimum Gasteiger partial charge on any atom is -0.493 e. The van der Waals surface area contributed by atoms with Gasteiger partial charge in [0.25, 0.3) is 5.91 Å². The van der Waals surface area contributed by atoms with E-state index in [1.165, 1.54) is 0 Å². The number of hydrogen-bond acceptors (Lipinski definition) is 5. The number of benzene rings is 1. The smallest absolute Gasteiger partial charge is 0.289 e. The topological polar surface area (TPSA) is 66.2 Å². The maximum Gasteiger partial charge on any atom is 0.289 e. The van der Waals surface area contributed by atoms with E-state index >= 15 is 0 Å². The molecule has 0 radical (unpaired) electrons. The molecule has 136 valence electrons. The maximum atomic E-state index is 12.9. The van der Waals surface area contributed by atoms with Crippen molar-refractivity contribution < 1.29 is 19.1 Å². The van der Waals surface area contributed by atoms with Gasteiger partial charge in [0.2, 0.25) is 0 Å². The number of nitrogens with zero attached hydrogens (tertiary/aromatic N) is 2. The number of carbonyl (C=O) groups excluding carboxylic acids is 1. The van der Waals surface area contributed by atoms with Gasteiger partial charge in [-0.2, -0.15) is 0 Å². The van der Waals surface area contributed by atoms with E-state index in [1.807, 2.05) is 30.0 Å². The van der Waals surface area contributed by atoms with Crippen LogP contribution in [0.4, 0.5) is 0 Å². The van der Waals surface area contributed by atoms with Crippen LogP contribution in [-0.2, 0) is 0 Å². The molecule has 1 unspecified atom stereocenters. The highest BCUT2D eigenvalue weighted by molar-refractivity contribution is 6.00. The van der Waals surface area contributed by atoms with Crippen LogP contribution in [0.2, 0.25) is 0 Å². The molecule has 2 heterocycles. The highest BCUT2D eigenvalue weighted by atomic mass is 16.5. The molecule has 1 fully saturated rings. The van der Waals surface area contributed by atoms with E-state index in [-0.39, 0.29) is 18.6 Å². The second-order valence-corrected chi connectivity index (χ2v) is 6.47. The molecule has 6 nitrogen and oxygen atoms in total. The third kappa shape index (κ3) is 3.24. The first-order valence-electron chi connectivity index (χ1n) is 8.81. The fourth-order valence-corrected chi connectivity index (χ4v) is 3.52. The number of piperazine rings is 1. The Morgan fingerprint density at radius 2 is 2.04 bits per heavy atom. The average Bonchev–Trinajstić information content (AvgIpc) is 2.99. The fourth-order valence-electron chi connectivity index (χ4n) is 3.52. The van der Waals surface area contributed by atoms with Gasteiger partial charge in [-0.15, -0.1) is 0 Å². The van der Waals surface area contributed by atoms with Crippen LogP contribution in [0.15, 0.2) is 22.6 Å². The molecule has 2 aromatic rings. The number of ether oxygens (including phenoxy) is 1. The second kappa shape index (κ2) is 7.45. The molecule has 1 N–H and O–H groups in total. The van der Waals surface area contributed by atoms with Crippen LogP contribution in [0.1, 0.15) is 29.5 Å².